The number of hydrogen-bond acceptors (Lipinski definition) is 9. The number of pyridine rings is 2. The molecule has 274 valence electrons. The van der Waals surface area contributed by atoms with Crippen LogP contribution in [0, 0.1) is 28.6 Å². The molecule has 51 heavy (non-hydrogen) atoms. The van der Waals surface area contributed by atoms with Crippen molar-refractivity contribution in [2.45, 2.75) is 95.7 Å². The molecule has 3 aliphatic carbocycles. The van der Waals surface area contributed by atoms with Gasteiger partial charge >= 0.3 is 6.09 Å². The first-order chi connectivity index (χ1) is 24.1. The third-order valence-corrected chi connectivity index (χ3v) is 13.3. The number of sulfonamides is 1. The van der Waals surface area contributed by atoms with Crippen molar-refractivity contribution in [3.8, 4) is 11.7 Å². The topological polar surface area (TPSA) is 169 Å². The fourth-order valence-electron chi connectivity index (χ4n) is 8.84. The van der Waals surface area contributed by atoms with Crippen molar-refractivity contribution in [2.75, 3.05) is 18.5 Å². The van der Waals surface area contributed by atoms with Crippen LogP contribution in [0.15, 0.2) is 47.6 Å². The zero-order valence-electron chi connectivity index (χ0n) is 29.4. The number of carbonyl (C=O) groups is 2. The number of hydrogen-bond donors (Lipinski definition) is 3. The van der Waals surface area contributed by atoms with Crippen LogP contribution >= 0.6 is 11.6 Å². The van der Waals surface area contributed by atoms with Crippen LogP contribution < -0.4 is 14.8 Å². The van der Waals surface area contributed by atoms with Gasteiger partial charge in [0, 0.05) is 30.4 Å². The molecule has 0 bridgehead atoms. The molecule has 1 saturated heterocycles. The molecule has 3 aromatic heterocycles. The average Bonchev–Trinajstić information content (AvgIpc) is 4.02. The van der Waals surface area contributed by atoms with Crippen LogP contribution in [0.5, 0.6) is 5.88 Å². The number of anilines is 1. The van der Waals surface area contributed by atoms with E-state index in [0.717, 1.165) is 31.6 Å². The highest BCUT2D eigenvalue weighted by atomic mass is 35.5. The number of aromatic nitrogens is 4. The molecule has 7 rings (SSSR count). The van der Waals surface area contributed by atoms with E-state index in [9.17, 15) is 23.1 Å². The Balaban J connectivity index is 0.938. The summed E-state index contributed by atoms with van der Waals surface area (Å²) in [6.45, 7) is 9.11. The second kappa shape index (κ2) is 12.9. The van der Waals surface area contributed by atoms with E-state index in [1.165, 1.54) is 53.5 Å². The minimum atomic E-state index is -4.36. The van der Waals surface area contributed by atoms with Crippen molar-refractivity contribution in [2.24, 2.45) is 28.6 Å². The lowest BCUT2D eigenvalue weighted by Gasteiger charge is -2.28. The van der Waals surface area contributed by atoms with Crippen molar-refractivity contribution >= 4 is 39.4 Å². The summed E-state index contributed by atoms with van der Waals surface area (Å²) in [6, 6.07) is 9.18. The summed E-state index contributed by atoms with van der Waals surface area (Å²) >= 11 is 6.38. The van der Waals surface area contributed by atoms with Gasteiger partial charge in [-0.05, 0) is 118 Å². The molecule has 4 heterocycles. The molecule has 3 aromatic rings. The minimum Gasteiger partial charge on any atom is -0.477 e. The molecular formula is C36H46ClN7O6S. The van der Waals surface area contributed by atoms with Crippen LogP contribution in [0.1, 0.15) is 89.4 Å². The molecular weight excluding hydrogens is 694 g/mol. The Morgan fingerprint density at radius 2 is 1.78 bits per heavy atom. The van der Waals surface area contributed by atoms with E-state index >= 15 is 0 Å². The van der Waals surface area contributed by atoms with Gasteiger partial charge in [-0.3, -0.25) is 4.79 Å². The van der Waals surface area contributed by atoms with E-state index in [0.29, 0.717) is 41.5 Å². The summed E-state index contributed by atoms with van der Waals surface area (Å²) in [4.78, 5) is 34.9. The number of ether oxygens (including phenoxy) is 1. The van der Waals surface area contributed by atoms with Gasteiger partial charge in [-0.25, -0.2) is 24.2 Å². The summed E-state index contributed by atoms with van der Waals surface area (Å²) in [6.07, 6.45) is 9.66. The predicted molar refractivity (Wildman–Crippen MR) is 191 cm³/mol. The second-order valence-electron chi connectivity index (χ2n) is 15.8. The summed E-state index contributed by atoms with van der Waals surface area (Å²) in [5, 5.41) is 16.9. The number of rotatable bonds is 14. The molecule has 4 aliphatic rings. The van der Waals surface area contributed by atoms with Crippen molar-refractivity contribution in [1.82, 2.24) is 29.4 Å². The van der Waals surface area contributed by atoms with Gasteiger partial charge in [0.1, 0.15) is 11.0 Å². The first-order valence-corrected chi connectivity index (χ1v) is 19.7. The smallest absolute Gasteiger partial charge is 0.407 e. The van der Waals surface area contributed by atoms with Gasteiger partial charge in [0.15, 0.2) is 10.8 Å². The maximum Gasteiger partial charge on any atom is 0.407 e. The molecule has 4 fully saturated rings. The van der Waals surface area contributed by atoms with Crippen LogP contribution in [0.2, 0.25) is 5.15 Å². The largest absolute Gasteiger partial charge is 0.477 e. The van der Waals surface area contributed by atoms with Gasteiger partial charge in [-0.2, -0.15) is 8.42 Å². The molecule has 2 amide bonds. The zero-order valence-corrected chi connectivity index (χ0v) is 31.0. The second-order valence-corrected chi connectivity index (χ2v) is 17.7. The average molecular weight is 740 g/mol. The Labute approximate surface area is 303 Å². The number of carboxylic acid groups (broad SMARTS) is 1. The molecule has 2 atom stereocenters. The van der Waals surface area contributed by atoms with E-state index < -0.39 is 27.6 Å². The molecule has 15 heteroatoms. The van der Waals surface area contributed by atoms with Gasteiger partial charge in [0.05, 0.1) is 12.2 Å². The van der Waals surface area contributed by atoms with Gasteiger partial charge in [0.25, 0.3) is 15.9 Å². The van der Waals surface area contributed by atoms with E-state index in [2.05, 4.69) is 39.0 Å². The Kier molecular flexibility index (Phi) is 9.01. The van der Waals surface area contributed by atoms with Crippen LogP contribution in [0.3, 0.4) is 0 Å². The predicted octanol–water partition coefficient (Wildman–Crippen LogP) is 6.39. The molecule has 3 saturated carbocycles. The third-order valence-electron chi connectivity index (χ3n) is 11.8. The molecule has 13 nitrogen and oxygen atoms in total. The zero-order chi connectivity index (χ0) is 36.3. The van der Waals surface area contributed by atoms with Crippen LogP contribution in [0.25, 0.3) is 5.82 Å². The van der Waals surface area contributed by atoms with Gasteiger partial charge < -0.3 is 20.1 Å². The summed E-state index contributed by atoms with van der Waals surface area (Å²) in [7, 11) is -4.36. The number of nitrogens with one attached hydrogen (secondary N) is 2. The van der Waals surface area contributed by atoms with E-state index in [-0.39, 0.29) is 33.6 Å². The van der Waals surface area contributed by atoms with Crippen molar-refractivity contribution in [3.05, 3.63) is 53.3 Å². The highest BCUT2D eigenvalue weighted by Gasteiger charge is 2.85. The number of fused-ring (bicyclic) bond motifs is 1. The lowest BCUT2D eigenvalue weighted by atomic mass is 9.89. The summed E-state index contributed by atoms with van der Waals surface area (Å²) in [5.41, 5.74) is 0.748. The Morgan fingerprint density at radius 3 is 2.41 bits per heavy atom. The molecule has 0 aromatic carbocycles. The fourth-order valence-corrected chi connectivity index (χ4v) is 10.0. The Hall–Kier alpha value is -3.91. The fraction of sp³-hybridized carbons (Fsp3) is 0.583. The highest BCUT2D eigenvalue weighted by molar-refractivity contribution is 7.90. The lowest BCUT2D eigenvalue weighted by Crippen LogP contribution is -2.41. The lowest BCUT2D eigenvalue weighted by molar-refractivity contribution is 0.0980. The normalized spacial score (nSPS) is 21.5. The maximum absolute atomic E-state index is 13.3. The van der Waals surface area contributed by atoms with Crippen molar-refractivity contribution in [3.63, 3.8) is 0 Å². The molecule has 1 aliphatic heterocycles. The summed E-state index contributed by atoms with van der Waals surface area (Å²) in [5.74, 6) is 1.44. The number of likely N-dealkylation sites (tertiary alicyclic amines) is 1. The minimum absolute atomic E-state index is 0.0414. The monoisotopic (exact) mass is 739 g/mol. The number of carbonyl (C=O) groups excluding carboxylic acids is 1. The first-order valence-electron chi connectivity index (χ1n) is 17.8. The number of nitrogens with zero attached hydrogens (tertiary/aromatic N) is 5. The van der Waals surface area contributed by atoms with Gasteiger partial charge in [-0.1, -0.05) is 31.5 Å². The molecule has 2 spiro atoms. The van der Waals surface area contributed by atoms with Gasteiger partial charge in [-0.15, -0.1) is 5.10 Å². The first kappa shape index (κ1) is 35.5. The van der Waals surface area contributed by atoms with Crippen LogP contribution in [0.4, 0.5) is 10.6 Å². The third kappa shape index (κ3) is 6.88. The standard InChI is InChI=1S/C36H46ClN7O6S/c1-22(2)25(10-8-23-20-34(3,4)43(21-23)33(46)47)38-27-6-5-7-30(39-27)51(48,49)42-32(45)24-9-11-28(40-31(24)37)44-18-12-29(41-44)50-19-13-26-35(14-15-35)36(26)16-17-36/h5-7,9,11-12,18,22-23,25-26H,8,10,13-17,19-21H2,1-4H3,(H,38,39)(H,42,45)(H,46,47). The molecule has 0 radical (unpaired) electrons. The SMILES string of the molecule is CC(C)C(CCC1CN(C(=O)O)C(C)(C)C1)Nc1cccc(S(=O)(=O)NC(=O)c2ccc(-n3ccc(OCCC4C5(CC5)C45CC5)n3)nc2Cl)n1. The Morgan fingerprint density at radius 1 is 1.06 bits per heavy atom. The van der Waals surface area contributed by atoms with Gasteiger partial charge in [0.2, 0.25) is 5.88 Å². The number of halogens is 1. The summed E-state index contributed by atoms with van der Waals surface area (Å²) < 4.78 is 36.0. The van der Waals surface area contributed by atoms with E-state index in [1.54, 1.807) is 24.4 Å². The van der Waals surface area contributed by atoms with E-state index in [1.807, 2.05) is 13.8 Å². The van der Waals surface area contributed by atoms with Crippen molar-refractivity contribution in [1.29, 1.82) is 0 Å². The van der Waals surface area contributed by atoms with Crippen molar-refractivity contribution < 1.29 is 27.9 Å². The van der Waals surface area contributed by atoms with Crippen LogP contribution in [-0.2, 0) is 10.0 Å². The number of amides is 2. The maximum atomic E-state index is 13.3. The van der Waals surface area contributed by atoms with Crippen LogP contribution in [-0.4, -0.2) is 74.9 Å². The highest BCUT2D eigenvalue weighted by Crippen LogP contribution is 2.93. The quantitative estimate of drug-likeness (QED) is 0.158. The molecule has 2 unspecified atom stereocenters. The van der Waals surface area contributed by atoms with E-state index in [4.69, 9.17) is 16.3 Å². The molecule has 3 N–H and O–H groups in total. The Bertz CT molecular complexity index is 1920.